The predicted molar refractivity (Wildman–Crippen MR) is 73.5 cm³/mol. The second-order valence-electron chi connectivity index (χ2n) is 4.44. The van der Waals surface area contributed by atoms with Crippen LogP contribution in [0.25, 0.3) is 11.1 Å². The molecule has 0 aromatic heterocycles. The molecule has 19 heavy (non-hydrogen) atoms. The number of hydrogen-bond donors (Lipinski definition) is 1. The second-order valence-corrected chi connectivity index (χ2v) is 4.44. The Kier molecular flexibility index (Phi) is 2.84. The number of benzene rings is 2. The van der Waals surface area contributed by atoms with Crippen molar-refractivity contribution < 1.29 is 9.90 Å². The van der Waals surface area contributed by atoms with E-state index < -0.39 is 6.10 Å². The van der Waals surface area contributed by atoms with Crippen LogP contribution in [0, 0.1) is 0 Å². The second kappa shape index (κ2) is 4.65. The van der Waals surface area contributed by atoms with Crippen molar-refractivity contribution in [2.75, 3.05) is 0 Å². The molecule has 0 saturated heterocycles. The summed E-state index contributed by atoms with van der Waals surface area (Å²) < 4.78 is 0. The third kappa shape index (κ3) is 1.91. The van der Waals surface area contributed by atoms with Crippen LogP contribution in [0.3, 0.4) is 0 Å². The van der Waals surface area contributed by atoms with Crippen LogP contribution in [0.15, 0.2) is 60.7 Å². The molecule has 0 saturated carbocycles. The third-order valence-electron chi connectivity index (χ3n) is 3.32. The number of nitrogens with zero attached hydrogens (tertiary/aromatic N) is 2. The minimum absolute atomic E-state index is 0.262. The van der Waals surface area contributed by atoms with E-state index in [2.05, 4.69) is 4.79 Å². The van der Waals surface area contributed by atoms with Crippen molar-refractivity contribution in [3.8, 4) is 0 Å². The first-order valence-corrected chi connectivity index (χ1v) is 6.07. The summed E-state index contributed by atoms with van der Waals surface area (Å²) in [4.78, 5) is 3.19. The Morgan fingerprint density at radius 1 is 0.947 bits per heavy atom. The monoisotopic (exact) mass is 248 g/mol. The van der Waals surface area contributed by atoms with Gasteiger partial charge in [-0.2, -0.15) is 4.79 Å². The molecule has 0 bridgehead atoms. The zero-order valence-corrected chi connectivity index (χ0v) is 10.2. The molecular formula is C16H12N2O. The van der Waals surface area contributed by atoms with Crippen molar-refractivity contribution in [2.24, 2.45) is 0 Å². The van der Waals surface area contributed by atoms with E-state index in [0.29, 0.717) is 0 Å². The van der Waals surface area contributed by atoms with Crippen LogP contribution in [0.4, 0.5) is 0 Å². The van der Waals surface area contributed by atoms with Gasteiger partial charge in [-0.25, -0.2) is 0 Å². The Labute approximate surface area is 111 Å². The van der Waals surface area contributed by atoms with Gasteiger partial charge < -0.3 is 10.6 Å². The lowest BCUT2D eigenvalue weighted by Crippen LogP contribution is -2.18. The van der Waals surface area contributed by atoms with Gasteiger partial charge in [0, 0.05) is 11.6 Å². The number of aliphatic hydroxyl groups is 1. The standard InChI is InChI=1S/C16H12N2O/c17-18-15-10-14(11-6-2-1-3-7-11)12-8-4-5-9-13(12)16(15)19/h1-10,16,19H. The minimum atomic E-state index is -0.881. The molecular weight excluding hydrogens is 236 g/mol. The molecule has 1 N–H and O–H groups in total. The lowest BCUT2D eigenvalue weighted by Gasteiger charge is -2.19. The molecule has 3 heteroatoms. The highest BCUT2D eigenvalue weighted by molar-refractivity contribution is 6.07. The van der Waals surface area contributed by atoms with E-state index in [0.717, 1.165) is 22.3 Å². The van der Waals surface area contributed by atoms with E-state index in [4.69, 9.17) is 5.53 Å². The normalized spacial score (nSPS) is 17.4. The summed E-state index contributed by atoms with van der Waals surface area (Å²) >= 11 is 0. The van der Waals surface area contributed by atoms with E-state index in [1.54, 1.807) is 6.08 Å². The number of rotatable bonds is 1. The summed E-state index contributed by atoms with van der Waals surface area (Å²) in [6.45, 7) is 0. The molecule has 0 amide bonds. The smallest absolute Gasteiger partial charge is 0.325 e. The first kappa shape index (κ1) is 11.6. The molecule has 1 aliphatic carbocycles. The van der Waals surface area contributed by atoms with Gasteiger partial charge >= 0.3 is 5.71 Å². The van der Waals surface area contributed by atoms with Crippen molar-refractivity contribution in [2.45, 2.75) is 6.10 Å². The zero-order chi connectivity index (χ0) is 13.2. The van der Waals surface area contributed by atoms with E-state index in [9.17, 15) is 5.11 Å². The van der Waals surface area contributed by atoms with Crippen LogP contribution in [0.2, 0.25) is 0 Å². The van der Waals surface area contributed by atoms with Gasteiger partial charge in [-0.05, 0) is 16.7 Å². The third-order valence-corrected chi connectivity index (χ3v) is 3.32. The molecule has 1 unspecified atom stereocenters. The summed E-state index contributed by atoms with van der Waals surface area (Å²) in [5.41, 5.74) is 13.0. The lowest BCUT2D eigenvalue weighted by atomic mass is 9.84. The Bertz CT molecular complexity index is 698. The van der Waals surface area contributed by atoms with Crippen LogP contribution in [-0.4, -0.2) is 15.6 Å². The van der Waals surface area contributed by atoms with Crippen LogP contribution < -0.4 is 0 Å². The van der Waals surface area contributed by atoms with Crippen LogP contribution in [0.1, 0.15) is 22.8 Å². The van der Waals surface area contributed by atoms with Crippen LogP contribution in [0.5, 0.6) is 0 Å². The van der Waals surface area contributed by atoms with Gasteiger partial charge in [-0.3, -0.25) is 0 Å². The number of aliphatic hydroxyl groups excluding tert-OH is 1. The molecule has 1 aliphatic rings. The molecule has 0 aliphatic heterocycles. The maximum atomic E-state index is 10.2. The number of fused-ring (bicyclic) bond motifs is 1. The summed E-state index contributed by atoms with van der Waals surface area (Å²) in [5, 5.41) is 10.2. The maximum absolute atomic E-state index is 10.2. The van der Waals surface area contributed by atoms with Crippen LogP contribution in [-0.2, 0) is 0 Å². The Morgan fingerprint density at radius 2 is 1.63 bits per heavy atom. The topological polar surface area (TPSA) is 56.6 Å². The van der Waals surface area contributed by atoms with Gasteiger partial charge in [0.05, 0.1) is 0 Å². The molecule has 92 valence electrons. The highest BCUT2D eigenvalue weighted by Gasteiger charge is 2.30. The minimum Gasteiger partial charge on any atom is -0.376 e. The fourth-order valence-electron chi connectivity index (χ4n) is 2.38. The molecule has 0 radical (unpaired) electrons. The fraction of sp³-hybridized carbons (Fsp3) is 0.0625. The molecule has 0 spiro atoms. The number of hydrogen-bond acceptors (Lipinski definition) is 1. The largest absolute Gasteiger partial charge is 0.376 e. The molecule has 2 aromatic carbocycles. The molecule has 3 rings (SSSR count). The highest BCUT2D eigenvalue weighted by atomic mass is 16.3. The molecule has 1 atom stereocenters. The van der Waals surface area contributed by atoms with Gasteiger partial charge in [0.1, 0.15) is 0 Å². The maximum Gasteiger partial charge on any atom is 0.325 e. The van der Waals surface area contributed by atoms with E-state index in [-0.39, 0.29) is 5.71 Å². The van der Waals surface area contributed by atoms with E-state index in [1.807, 2.05) is 54.6 Å². The van der Waals surface area contributed by atoms with E-state index in [1.165, 1.54) is 0 Å². The molecule has 3 nitrogen and oxygen atoms in total. The van der Waals surface area contributed by atoms with Crippen molar-refractivity contribution >= 4 is 11.3 Å². The van der Waals surface area contributed by atoms with Gasteiger partial charge in [0.2, 0.25) is 0 Å². The summed E-state index contributed by atoms with van der Waals surface area (Å²) in [6.07, 6.45) is 0.844. The quantitative estimate of drug-likeness (QED) is 0.612. The Balaban J connectivity index is 2.26. The van der Waals surface area contributed by atoms with Crippen LogP contribution >= 0.6 is 0 Å². The van der Waals surface area contributed by atoms with Gasteiger partial charge in [0.25, 0.3) is 0 Å². The first-order valence-electron chi connectivity index (χ1n) is 6.07. The highest BCUT2D eigenvalue weighted by Crippen LogP contribution is 2.34. The zero-order valence-electron chi connectivity index (χ0n) is 10.2. The summed E-state index contributed by atoms with van der Waals surface area (Å²) in [5.74, 6) is 0. The Morgan fingerprint density at radius 3 is 2.37 bits per heavy atom. The van der Waals surface area contributed by atoms with Crippen molar-refractivity contribution in [3.63, 3.8) is 0 Å². The van der Waals surface area contributed by atoms with Gasteiger partial charge in [-0.1, -0.05) is 54.6 Å². The first-order chi connectivity index (χ1) is 9.31. The molecule has 0 heterocycles. The SMILES string of the molecule is [N-]=[N+]=C1C=C(c2ccccc2)c2ccccc2C1O. The average molecular weight is 248 g/mol. The van der Waals surface area contributed by atoms with Crippen molar-refractivity contribution in [1.29, 1.82) is 0 Å². The van der Waals surface area contributed by atoms with E-state index >= 15 is 0 Å². The Hall–Kier alpha value is -2.48. The predicted octanol–water partition coefficient (Wildman–Crippen LogP) is 2.84. The summed E-state index contributed by atoms with van der Waals surface area (Å²) in [7, 11) is 0. The molecule has 0 fully saturated rings. The van der Waals surface area contributed by atoms with Gasteiger partial charge in [0.15, 0.2) is 6.10 Å². The van der Waals surface area contributed by atoms with Crippen molar-refractivity contribution in [1.82, 2.24) is 0 Å². The lowest BCUT2D eigenvalue weighted by molar-refractivity contribution is -0.0188. The van der Waals surface area contributed by atoms with Crippen molar-refractivity contribution in [3.05, 3.63) is 82.9 Å². The summed E-state index contributed by atoms with van der Waals surface area (Å²) in [6, 6.07) is 17.5. The average Bonchev–Trinajstić information content (AvgIpc) is 2.49. The fourth-order valence-corrected chi connectivity index (χ4v) is 2.38. The van der Waals surface area contributed by atoms with Gasteiger partial charge in [-0.15, -0.1) is 0 Å². The molecule has 2 aromatic rings.